The Bertz CT molecular complexity index is 297. The van der Waals surface area contributed by atoms with Crippen LogP contribution in [0.3, 0.4) is 0 Å². The van der Waals surface area contributed by atoms with Gasteiger partial charge in [-0.3, -0.25) is 4.90 Å². The van der Waals surface area contributed by atoms with Crippen LogP contribution in [0.5, 0.6) is 0 Å². The monoisotopic (exact) mass is 251 g/mol. The molecule has 0 aromatic heterocycles. The van der Waals surface area contributed by atoms with Crippen LogP contribution in [0, 0.1) is 6.92 Å². The molecule has 0 unspecified atom stereocenters. The molecule has 0 atom stereocenters. The number of aryl methyl sites for hydroxylation is 1. The Morgan fingerprint density at radius 1 is 1.17 bits per heavy atom. The van der Waals surface area contributed by atoms with Gasteiger partial charge in [-0.15, -0.1) is 0 Å². The largest absolute Gasteiger partial charge is 0.383 e. The fourth-order valence-electron chi connectivity index (χ4n) is 1.45. The molecule has 0 bridgehead atoms. The molecule has 0 N–H and O–H groups in total. The Labute approximate surface area is 113 Å². The zero-order valence-corrected chi connectivity index (χ0v) is 12.7. The number of hydrogen-bond donors (Lipinski definition) is 0. The molecule has 104 valence electrons. The van der Waals surface area contributed by atoms with Crippen LogP contribution >= 0.6 is 0 Å². The first-order valence-corrected chi connectivity index (χ1v) is 6.87. The van der Waals surface area contributed by atoms with E-state index < -0.39 is 0 Å². The summed E-state index contributed by atoms with van der Waals surface area (Å²) in [6.45, 7) is 9.25. The second kappa shape index (κ2) is 11.2. The predicted molar refractivity (Wildman–Crippen MR) is 80.0 cm³/mol. The van der Waals surface area contributed by atoms with Gasteiger partial charge < -0.3 is 4.74 Å². The number of ether oxygens (including phenoxy) is 1. The van der Waals surface area contributed by atoms with Crippen LogP contribution in [-0.4, -0.2) is 32.2 Å². The van der Waals surface area contributed by atoms with E-state index in [1.54, 1.807) is 7.11 Å². The Hall–Kier alpha value is -0.860. The van der Waals surface area contributed by atoms with Crippen LogP contribution in [0.4, 0.5) is 0 Å². The number of methoxy groups -OCH3 is 1. The summed E-state index contributed by atoms with van der Waals surface area (Å²) in [5, 5.41) is 0. The Kier molecular flexibility index (Phi) is 10.7. The summed E-state index contributed by atoms with van der Waals surface area (Å²) in [6.07, 6.45) is 2.64. The van der Waals surface area contributed by atoms with Crippen molar-refractivity contribution in [3.8, 4) is 0 Å². The van der Waals surface area contributed by atoms with Crippen LogP contribution in [-0.2, 0) is 11.3 Å². The molecule has 1 rings (SSSR count). The molecule has 2 nitrogen and oxygen atoms in total. The lowest BCUT2D eigenvalue weighted by atomic mass is 10.1. The average molecular weight is 251 g/mol. The number of likely N-dealkylation sites (N-methyl/N-ethyl adjacent to an activating group) is 1. The zero-order chi connectivity index (χ0) is 13.8. The molecule has 0 saturated carbocycles. The van der Waals surface area contributed by atoms with E-state index in [-0.39, 0.29) is 0 Å². The minimum Gasteiger partial charge on any atom is -0.383 e. The summed E-state index contributed by atoms with van der Waals surface area (Å²) < 4.78 is 5.03. The van der Waals surface area contributed by atoms with E-state index in [1.165, 1.54) is 24.0 Å². The zero-order valence-electron chi connectivity index (χ0n) is 12.7. The van der Waals surface area contributed by atoms with E-state index in [0.717, 1.165) is 19.7 Å². The van der Waals surface area contributed by atoms with Crippen LogP contribution in [0.15, 0.2) is 24.3 Å². The van der Waals surface area contributed by atoms with Gasteiger partial charge in [0.2, 0.25) is 0 Å². The third-order valence-electron chi connectivity index (χ3n) is 2.71. The molecule has 0 aliphatic rings. The smallest absolute Gasteiger partial charge is 0.0589 e. The number of unbranched alkanes of at least 4 members (excludes halogenated alkanes) is 1. The summed E-state index contributed by atoms with van der Waals surface area (Å²) in [5.41, 5.74) is 2.69. The maximum absolute atomic E-state index is 5.03. The highest BCUT2D eigenvalue weighted by molar-refractivity contribution is 5.21. The van der Waals surface area contributed by atoms with Gasteiger partial charge in [-0.1, -0.05) is 56.5 Å². The fourth-order valence-corrected chi connectivity index (χ4v) is 1.45. The van der Waals surface area contributed by atoms with Crippen molar-refractivity contribution in [1.29, 1.82) is 0 Å². The summed E-state index contributed by atoms with van der Waals surface area (Å²) in [7, 11) is 3.85. The van der Waals surface area contributed by atoms with Gasteiger partial charge in [0.15, 0.2) is 0 Å². The number of benzene rings is 1. The third kappa shape index (κ3) is 9.20. The van der Waals surface area contributed by atoms with E-state index in [2.05, 4.69) is 57.0 Å². The van der Waals surface area contributed by atoms with Crippen LogP contribution in [0.25, 0.3) is 0 Å². The second-order valence-corrected chi connectivity index (χ2v) is 4.72. The van der Waals surface area contributed by atoms with E-state index in [9.17, 15) is 0 Å². The molecule has 0 aliphatic carbocycles. The lowest BCUT2D eigenvalue weighted by Crippen LogP contribution is -2.22. The maximum atomic E-state index is 5.03. The molecule has 2 heteroatoms. The van der Waals surface area contributed by atoms with Gasteiger partial charge in [0.1, 0.15) is 0 Å². The van der Waals surface area contributed by atoms with Gasteiger partial charge in [0, 0.05) is 20.2 Å². The predicted octanol–water partition coefficient (Wildman–Crippen LogP) is 3.88. The van der Waals surface area contributed by atoms with Gasteiger partial charge in [0.25, 0.3) is 0 Å². The van der Waals surface area contributed by atoms with Gasteiger partial charge in [-0.25, -0.2) is 0 Å². The van der Waals surface area contributed by atoms with Crippen molar-refractivity contribution < 1.29 is 4.74 Å². The fraction of sp³-hybridized carbons (Fsp3) is 0.625. The highest BCUT2D eigenvalue weighted by atomic mass is 16.5. The Balaban J connectivity index is 0.000000631. The van der Waals surface area contributed by atoms with Crippen molar-refractivity contribution in [2.75, 3.05) is 27.3 Å². The second-order valence-electron chi connectivity index (χ2n) is 4.72. The lowest BCUT2D eigenvalue weighted by molar-refractivity contribution is 0.158. The van der Waals surface area contributed by atoms with E-state index >= 15 is 0 Å². The number of rotatable bonds is 6. The molecule has 0 spiro atoms. The van der Waals surface area contributed by atoms with Gasteiger partial charge in [-0.2, -0.15) is 0 Å². The quantitative estimate of drug-likeness (QED) is 0.761. The molecule has 0 fully saturated rings. The van der Waals surface area contributed by atoms with Crippen molar-refractivity contribution in [3.63, 3.8) is 0 Å². The maximum Gasteiger partial charge on any atom is 0.0589 e. The van der Waals surface area contributed by atoms with Crippen molar-refractivity contribution in [1.82, 2.24) is 4.90 Å². The van der Waals surface area contributed by atoms with Crippen molar-refractivity contribution in [2.45, 2.75) is 40.2 Å². The molecule has 0 heterocycles. The summed E-state index contributed by atoms with van der Waals surface area (Å²) in [4.78, 5) is 2.26. The molecule has 0 radical (unpaired) electrons. The third-order valence-corrected chi connectivity index (χ3v) is 2.71. The average Bonchev–Trinajstić information content (AvgIpc) is 2.36. The van der Waals surface area contributed by atoms with Crippen molar-refractivity contribution in [2.24, 2.45) is 0 Å². The van der Waals surface area contributed by atoms with Crippen LogP contribution < -0.4 is 0 Å². The van der Waals surface area contributed by atoms with Crippen molar-refractivity contribution in [3.05, 3.63) is 35.4 Å². The molecular weight excluding hydrogens is 222 g/mol. The van der Waals surface area contributed by atoms with Gasteiger partial charge in [-0.05, 0) is 19.5 Å². The Morgan fingerprint density at radius 2 is 1.83 bits per heavy atom. The summed E-state index contributed by atoms with van der Waals surface area (Å²) in [6, 6.07) is 8.62. The summed E-state index contributed by atoms with van der Waals surface area (Å²) in [5.74, 6) is 0. The topological polar surface area (TPSA) is 12.5 Å². The van der Waals surface area contributed by atoms with Gasteiger partial charge >= 0.3 is 0 Å². The van der Waals surface area contributed by atoms with E-state index in [4.69, 9.17) is 4.74 Å². The molecule has 0 saturated heterocycles. The first-order valence-electron chi connectivity index (χ1n) is 6.87. The number of nitrogens with zero attached hydrogens (tertiary/aromatic N) is 1. The molecular formula is C16H29NO. The SMILES string of the molecule is CCCC.COCCN(C)Cc1cccc(C)c1. The van der Waals surface area contributed by atoms with E-state index in [1.807, 2.05) is 0 Å². The number of hydrogen-bond acceptors (Lipinski definition) is 2. The minimum absolute atomic E-state index is 0.794. The standard InChI is InChI=1S/C12H19NO.C4H10/c1-11-5-4-6-12(9-11)10-13(2)7-8-14-3;1-3-4-2/h4-6,9H,7-8,10H2,1-3H3;3-4H2,1-2H3. The normalized spacial score (nSPS) is 10.1. The van der Waals surface area contributed by atoms with Crippen LogP contribution in [0.2, 0.25) is 0 Å². The first-order chi connectivity index (χ1) is 8.63. The first kappa shape index (κ1) is 17.1. The lowest BCUT2D eigenvalue weighted by Gasteiger charge is -2.16. The highest BCUT2D eigenvalue weighted by Gasteiger charge is 1.99. The van der Waals surface area contributed by atoms with Crippen LogP contribution in [0.1, 0.15) is 37.8 Å². The van der Waals surface area contributed by atoms with Gasteiger partial charge in [0.05, 0.1) is 6.61 Å². The molecule has 1 aromatic rings. The molecule has 1 aromatic carbocycles. The summed E-state index contributed by atoms with van der Waals surface area (Å²) >= 11 is 0. The Morgan fingerprint density at radius 3 is 2.33 bits per heavy atom. The molecule has 0 amide bonds. The molecule has 0 aliphatic heterocycles. The molecule has 18 heavy (non-hydrogen) atoms. The highest BCUT2D eigenvalue weighted by Crippen LogP contribution is 2.06. The van der Waals surface area contributed by atoms with Crippen molar-refractivity contribution >= 4 is 0 Å². The van der Waals surface area contributed by atoms with E-state index in [0.29, 0.717) is 0 Å². The minimum atomic E-state index is 0.794.